The van der Waals surface area contributed by atoms with E-state index in [1.165, 1.54) is 30.5 Å². The summed E-state index contributed by atoms with van der Waals surface area (Å²) < 4.78 is 0. The SMILES string of the molecule is C.O=C(NCCc1ccc(N2CCCCC2)cc1)c1[nH]c2ccc(Cl)cc2c1Cc1ccccc1. The maximum atomic E-state index is 13.2. The van der Waals surface area contributed by atoms with Crippen LogP contribution in [0.3, 0.4) is 0 Å². The lowest BCUT2D eigenvalue weighted by atomic mass is 10.0. The van der Waals surface area contributed by atoms with Crippen molar-refractivity contribution >= 4 is 34.1 Å². The largest absolute Gasteiger partial charge is 0.372 e. The van der Waals surface area contributed by atoms with E-state index < -0.39 is 0 Å². The van der Waals surface area contributed by atoms with Gasteiger partial charge >= 0.3 is 0 Å². The summed E-state index contributed by atoms with van der Waals surface area (Å²) in [6, 6.07) is 24.7. The van der Waals surface area contributed by atoms with Crippen LogP contribution in [-0.2, 0) is 12.8 Å². The van der Waals surface area contributed by atoms with E-state index in [0.717, 1.165) is 41.5 Å². The van der Waals surface area contributed by atoms with Crippen molar-refractivity contribution in [3.63, 3.8) is 0 Å². The molecule has 2 heterocycles. The van der Waals surface area contributed by atoms with Gasteiger partial charge in [-0.25, -0.2) is 0 Å². The molecule has 4 nitrogen and oxygen atoms in total. The monoisotopic (exact) mass is 487 g/mol. The number of piperidine rings is 1. The number of nitrogens with one attached hydrogen (secondary N) is 2. The van der Waals surface area contributed by atoms with Crippen molar-refractivity contribution < 1.29 is 4.79 Å². The van der Waals surface area contributed by atoms with Crippen LogP contribution in [0.15, 0.2) is 72.8 Å². The first kappa shape index (κ1) is 24.9. The highest BCUT2D eigenvalue weighted by Gasteiger charge is 2.18. The standard InChI is InChI=1S/C29H30ClN3O.CH4/c30-23-11-14-27-25(20-23)26(19-22-7-3-1-4-8-22)28(32-27)29(34)31-16-15-21-9-12-24(13-10-21)33-17-5-2-6-18-33;/h1,3-4,7-14,20,32H,2,5-6,15-19H2,(H,31,34);1H4. The number of nitrogens with zero attached hydrogens (tertiary/aromatic N) is 1. The Morgan fingerprint density at radius 3 is 2.40 bits per heavy atom. The van der Waals surface area contributed by atoms with Gasteiger partial charge in [0.2, 0.25) is 0 Å². The Bertz CT molecular complexity index is 1260. The number of hydrogen-bond donors (Lipinski definition) is 2. The lowest BCUT2D eigenvalue weighted by molar-refractivity contribution is 0.0949. The third kappa shape index (κ3) is 5.88. The maximum Gasteiger partial charge on any atom is 0.268 e. The van der Waals surface area contributed by atoms with Crippen molar-refractivity contribution in [3.05, 3.63) is 100 Å². The van der Waals surface area contributed by atoms with Gasteiger partial charge in [0.1, 0.15) is 5.69 Å². The predicted octanol–water partition coefficient (Wildman–Crippen LogP) is 7.01. The van der Waals surface area contributed by atoms with Gasteiger partial charge in [0.05, 0.1) is 0 Å². The highest BCUT2D eigenvalue weighted by molar-refractivity contribution is 6.31. The van der Waals surface area contributed by atoms with Crippen molar-refractivity contribution in [1.82, 2.24) is 10.3 Å². The fraction of sp³-hybridized carbons (Fsp3) is 0.300. The molecule has 2 N–H and O–H groups in total. The van der Waals surface area contributed by atoms with Crippen LogP contribution in [0.1, 0.15) is 53.9 Å². The minimum absolute atomic E-state index is 0. The highest BCUT2D eigenvalue weighted by atomic mass is 35.5. The molecule has 1 fully saturated rings. The van der Waals surface area contributed by atoms with Gasteiger partial charge in [-0.3, -0.25) is 4.79 Å². The molecule has 1 amide bonds. The van der Waals surface area contributed by atoms with E-state index >= 15 is 0 Å². The van der Waals surface area contributed by atoms with Crippen molar-refractivity contribution in [1.29, 1.82) is 0 Å². The van der Waals surface area contributed by atoms with Crippen LogP contribution in [0.25, 0.3) is 10.9 Å². The van der Waals surface area contributed by atoms with Gasteiger partial charge in [0.15, 0.2) is 0 Å². The Hall–Kier alpha value is -3.24. The average molecular weight is 488 g/mol. The van der Waals surface area contributed by atoms with Crippen molar-refractivity contribution in [2.75, 3.05) is 24.5 Å². The zero-order valence-corrected chi connectivity index (χ0v) is 20.1. The second kappa shape index (κ2) is 11.5. The number of carbonyl (C=O) groups is 1. The molecule has 0 radical (unpaired) electrons. The fourth-order valence-corrected chi connectivity index (χ4v) is 5.00. The molecule has 1 aliphatic heterocycles. The van der Waals surface area contributed by atoms with Crippen molar-refractivity contribution in [3.8, 4) is 0 Å². The van der Waals surface area contributed by atoms with E-state index in [9.17, 15) is 4.79 Å². The molecule has 0 unspecified atom stereocenters. The first-order chi connectivity index (χ1) is 16.7. The number of anilines is 1. The first-order valence-corrected chi connectivity index (χ1v) is 12.5. The number of hydrogen-bond acceptors (Lipinski definition) is 2. The molecule has 35 heavy (non-hydrogen) atoms. The number of benzene rings is 3. The molecule has 182 valence electrons. The van der Waals surface area contributed by atoms with E-state index in [2.05, 4.69) is 51.6 Å². The molecule has 1 saturated heterocycles. The summed E-state index contributed by atoms with van der Waals surface area (Å²) in [7, 11) is 0. The fourth-order valence-electron chi connectivity index (χ4n) is 4.83. The van der Waals surface area contributed by atoms with Gasteiger partial charge in [0, 0.05) is 47.7 Å². The molecular weight excluding hydrogens is 454 g/mol. The summed E-state index contributed by atoms with van der Waals surface area (Å²) in [5.41, 5.74) is 6.21. The van der Waals surface area contributed by atoms with E-state index in [0.29, 0.717) is 23.7 Å². The Morgan fingerprint density at radius 1 is 0.914 bits per heavy atom. The normalized spacial score (nSPS) is 13.5. The van der Waals surface area contributed by atoms with Crippen LogP contribution in [0.2, 0.25) is 5.02 Å². The summed E-state index contributed by atoms with van der Waals surface area (Å²) in [5, 5.41) is 4.78. The van der Waals surface area contributed by atoms with Gasteiger partial charge in [-0.2, -0.15) is 0 Å². The zero-order valence-electron chi connectivity index (χ0n) is 19.3. The number of rotatable bonds is 7. The molecule has 1 aromatic heterocycles. The number of halogens is 1. The van der Waals surface area contributed by atoms with Crippen LogP contribution in [0.4, 0.5) is 5.69 Å². The first-order valence-electron chi connectivity index (χ1n) is 12.1. The van der Waals surface area contributed by atoms with Crippen LogP contribution in [0, 0.1) is 0 Å². The summed E-state index contributed by atoms with van der Waals surface area (Å²) in [6.45, 7) is 2.88. The van der Waals surface area contributed by atoms with E-state index in [-0.39, 0.29) is 13.3 Å². The molecule has 3 aromatic carbocycles. The molecule has 0 spiro atoms. The summed E-state index contributed by atoms with van der Waals surface area (Å²) in [6.07, 6.45) is 5.36. The van der Waals surface area contributed by atoms with Crippen LogP contribution in [0.5, 0.6) is 0 Å². The molecule has 5 rings (SSSR count). The molecule has 0 saturated carbocycles. The Labute approximate surface area is 213 Å². The maximum absolute atomic E-state index is 13.2. The van der Waals surface area contributed by atoms with E-state index in [4.69, 9.17) is 11.6 Å². The van der Waals surface area contributed by atoms with Crippen molar-refractivity contribution in [2.24, 2.45) is 0 Å². The van der Waals surface area contributed by atoms with Crippen LogP contribution >= 0.6 is 11.6 Å². The van der Waals surface area contributed by atoms with Gasteiger partial charge in [-0.05, 0) is 72.7 Å². The summed E-state index contributed by atoms with van der Waals surface area (Å²) in [4.78, 5) is 19.0. The molecule has 1 aliphatic rings. The van der Waals surface area contributed by atoms with Gasteiger partial charge in [-0.15, -0.1) is 0 Å². The number of aromatic amines is 1. The lowest BCUT2D eigenvalue weighted by Crippen LogP contribution is -2.29. The topological polar surface area (TPSA) is 48.1 Å². The Kier molecular flexibility index (Phi) is 8.14. The minimum atomic E-state index is -0.0804. The summed E-state index contributed by atoms with van der Waals surface area (Å²) in [5.74, 6) is -0.0804. The third-order valence-corrected chi connectivity index (χ3v) is 6.91. The molecule has 0 aliphatic carbocycles. The average Bonchev–Trinajstić information content (AvgIpc) is 3.23. The van der Waals surface area contributed by atoms with Gasteiger partial charge in [0.25, 0.3) is 5.91 Å². The molecular formula is C30H34ClN3O. The molecule has 0 atom stereocenters. The van der Waals surface area contributed by atoms with Crippen LogP contribution < -0.4 is 10.2 Å². The highest BCUT2D eigenvalue weighted by Crippen LogP contribution is 2.28. The van der Waals surface area contributed by atoms with Gasteiger partial charge < -0.3 is 15.2 Å². The van der Waals surface area contributed by atoms with Gasteiger partial charge in [-0.1, -0.05) is 61.5 Å². The molecule has 4 aromatic rings. The smallest absolute Gasteiger partial charge is 0.268 e. The Morgan fingerprint density at radius 2 is 1.66 bits per heavy atom. The quantitative estimate of drug-likeness (QED) is 0.294. The lowest BCUT2D eigenvalue weighted by Gasteiger charge is -2.28. The Balaban J connectivity index is 0.00000289. The van der Waals surface area contributed by atoms with E-state index in [1.807, 2.05) is 36.4 Å². The third-order valence-electron chi connectivity index (χ3n) is 6.68. The second-order valence-electron chi connectivity index (χ2n) is 9.05. The van der Waals surface area contributed by atoms with E-state index in [1.54, 1.807) is 0 Å². The molecule has 5 heteroatoms. The summed E-state index contributed by atoms with van der Waals surface area (Å²) >= 11 is 6.28. The number of carbonyl (C=O) groups excluding carboxylic acids is 1. The number of amides is 1. The number of fused-ring (bicyclic) bond motifs is 1. The molecule has 0 bridgehead atoms. The van der Waals surface area contributed by atoms with Crippen molar-refractivity contribution in [2.45, 2.75) is 39.5 Å². The number of aromatic nitrogens is 1. The minimum Gasteiger partial charge on any atom is -0.372 e. The zero-order chi connectivity index (χ0) is 23.3. The predicted molar refractivity (Wildman–Crippen MR) is 148 cm³/mol. The second-order valence-corrected chi connectivity index (χ2v) is 9.49. The number of H-pyrrole nitrogens is 1. The van der Waals surface area contributed by atoms with Crippen LogP contribution in [-0.4, -0.2) is 30.5 Å².